The van der Waals surface area contributed by atoms with Crippen LogP contribution in [0.3, 0.4) is 0 Å². The van der Waals surface area contributed by atoms with Gasteiger partial charge in [0.25, 0.3) is 0 Å². The summed E-state index contributed by atoms with van der Waals surface area (Å²) in [6.45, 7) is 2.92. The third kappa shape index (κ3) is 4.10. The van der Waals surface area contributed by atoms with Crippen LogP contribution in [0.5, 0.6) is 0 Å². The number of rotatable bonds is 6. The summed E-state index contributed by atoms with van der Waals surface area (Å²) >= 11 is 1.75. The molecule has 4 heteroatoms. The Morgan fingerprint density at radius 1 is 1.31 bits per heavy atom. The fraction of sp³-hybridized carbons (Fsp3) is 0.500. The third-order valence-electron chi connectivity index (χ3n) is 2.33. The van der Waals surface area contributed by atoms with Crippen molar-refractivity contribution in [2.75, 3.05) is 18.6 Å². The number of hydrogen-bond donors (Lipinski definition) is 1. The van der Waals surface area contributed by atoms with Crippen molar-refractivity contribution in [3.63, 3.8) is 0 Å². The second kappa shape index (κ2) is 6.86. The van der Waals surface area contributed by atoms with Gasteiger partial charge in [0, 0.05) is 11.8 Å². The summed E-state index contributed by atoms with van der Waals surface area (Å²) in [5.74, 6) is -0.585. The molecule has 1 unspecified atom stereocenters. The molecule has 0 aliphatic carbocycles. The molecular weight excluding hydrogens is 228 g/mol. The summed E-state index contributed by atoms with van der Waals surface area (Å²) < 4.78 is 25.7. The van der Waals surface area contributed by atoms with Crippen LogP contribution >= 0.6 is 11.8 Å². The molecule has 0 aromatic heterocycles. The minimum Gasteiger partial charge on any atom is -0.313 e. The molecule has 1 rings (SSSR count). The highest BCUT2D eigenvalue weighted by Gasteiger charge is 2.09. The lowest BCUT2D eigenvalue weighted by Gasteiger charge is -2.16. The zero-order valence-electron chi connectivity index (χ0n) is 9.59. The molecule has 90 valence electrons. The summed E-state index contributed by atoms with van der Waals surface area (Å²) in [6, 6.07) is 4.42. The fourth-order valence-corrected chi connectivity index (χ4v) is 2.27. The van der Waals surface area contributed by atoms with Crippen LogP contribution in [0.4, 0.5) is 8.78 Å². The van der Waals surface area contributed by atoms with Crippen molar-refractivity contribution in [2.45, 2.75) is 19.4 Å². The van der Waals surface area contributed by atoms with Gasteiger partial charge in [0.15, 0.2) is 11.6 Å². The Bertz CT molecular complexity index is 325. The molecule has 0 heterocycles. The van der Waals surface area contributed by atoms with E-state index in [9.17, 15) is 8.78 Å². The van der Waals surface area contributed by atoms with E-state index in [0.29, 0.717) is 6.04 Å². The van der Waals surface area contributed by atoms with Crippen molar-refractivity contribution in [1.29, 1.82) is 0 Å². The summed E-state index contributed by atoms with van der Waals surface area (Å²) in [6.07, 6.45) is 2.77. The van der Waals surface area contributed by atoms with Gasteiger partial charge in [-0.3, -0.25) is 0 Å². The van der Waals surface area contributed by atoms with Crippen LogP contribution in [0.2, 0.25) is 0 Å². The number of halogens is 2. The van der Waals surface area contributed by atoms with Gasteiger partial charge in [-0.05, 0) is 36.9 Å². The average molecular weight is 245 g/mol. The lowest BCUT2D eigenvalue weighted by molar-refractivity contribution is 0.504. The van der Waals surface area contributed by atoms with Gasteiger partial charge in [-0.25, -0.2) is 8.78 Å². The van der Waals surface area contributed by atoms with Crippen LogP contribution in [0, 0.1) is 11.6 Å². The zero-order chi connectivity index (χ0) is 12.0. The molecule has 0 aliphatic heterocycles. The van der Waals surface area contributed by atoms with Gasteiger partial charge in [0.1, 0.15) is 0 Å². The summed E-state index contributed by atoms with van der Waals surface area (Å²) in [5, 5.41) is 3.33. The van der Waals surface area contributed by atoms with E-state index in [0.717, 1.165) is 24.3 Å². The third-order valence-corrected chi connectivity index (χ3v) is 3.06. The Hall–Kier alpha value is -0.610. The van der Waals surface area contributed by atoms with Gasteiger partial charge in [-0.15, -0.1) is 0 Å². The van der Waals surface area contributed by atoms with Gasteiger partial charge in [-0.1, -0.05) is 13.0 Å². The molecule has 0 saturated heterocycles. The van der Waals surface area contributed by atoms with Crippen LogP contribution < -0.4 is 5.32 Å². The van der Waals surface area contributed by atoms with Gasteiger partial charge in [-0.2, -0.15) is 11.8 Å². The minimum absolute atomic E-state index is 0.310. The molecule has 1 N–H and O–H groups in total. The van der Waals surface area contributed by atoms with Crippen molar-refractivity contribution < 1.29 is 8.78 Å². The molecule has 1 aromatic carbocycles. The lowest BCUT2D eigenvalue weighted by atomic mass is 10.1. The lowest BCUT2D eigenvalue weighted by Crippen LogP contribution is -2.33. The van der Waals surface area contributed by atoms with Crippen LogP contribution in [0.1, 0.15) is 12.5 Å². The molecule has 0 fully saturated rings. The second-order valence-electron chi connectivity index (χ2n) is 3.66. The summed E-state index contributed by atoms with van der Waals surface area (Å²) in [5.41, 5.74) is 0.832. The van der Waals surface area contributed by atoms with Crippen molar-refractivity contribution in [2.24, 2.45) is 0 Å². The second-order valence-corrected chi connectivity index (χ2v) is 4.57. The molecule has 0 bridgehead atoms. The maximum Gasteiger partial charge on any atom is 0.159 e. The van der Waals surface area contributed by atoms with E-state index in [1.165, 1.54) is 12.1 Å². The molecule has 16 heavy (non-hydrogen) atoms. The molecular formula is C12H17F2NS. The Kier molecular flexibility index (Phi) is 5.77. The highest BCUT2D eigenvalue weighted by atomic mass is 32.2. The van der Waals surface area contributed by atoms with E-state index in [1.807, 2.05) is 13.2 Å². The largest absolute Gasteiger partial charge is 0.313 e. The first-order chi connectivity index (χ1) is 7.67. The first-order valence-corrected chi connectivity index (χ1v) is 6.73. The van der Waals surface area contributed by atoms with E-state index >= 15 is 0 Å². The van der Waals surface area contributed by atoms with Gasteiger partial charge >= 0.3 is 0 Å². The average Bonchev–Trinajstić information content (AvgIpc) is 2.24. The maximum absolute atomic E-state index is 13.0. The molecule has 1 nitrogen and oxygen atoms in total. The molecule has 0 amide bonds. The van der Waals surface area contributed by atoms with E-state index in [-0.39, 0.29) is 0 Å². The smallest absolute Gasteiger partial charge is 0.159 e. The number of likely N-dealkylation sites (N-methyl/N-ethyl adjacent to an activating group) is 1. The standard InChI is InChI=1S/C12H17F2NS/c1-3-15-10(8-16-2)6-9-4-5-11(13)12(14)7-9/h4-5,7,10,15H,3,6,8H2,1-2H3. The first kappa shape index (κ1) is 13.5. The maximum atomic E-state index is 13.0. The fourth-order valence-electron chi connectivity index (χ4n) is 1.63. The van der Waals surface area contributed by atoms with E-state index < -0.39 is 11.6 Å². The molecule has 1 atom stereocenters. The number of thioether (sulfide) groups is 1. The van der Waals surface area contributed by atoms with E-state index in [1.54, 1.807) is 17.8 Å². The van der Waals surface area contributed by atoms with Crippen LogP contribution in [0.15, 0.2) is 18.2 Å². The van der Waals surface area contributed by atoms with Crippen LogP contribution in [0.25, 0.3) is 0 Å². The number of nitrogens with one attached hydrogen (secondary N) is 1. The Balaban J connectivity index is 2.65. The van der Waals surface area contributed by atoms with Crippen LogP contribution in [-0.4, -0.2) is 24.6 Å². The van der Waals surface area contributed by atoms with Crippen LogP contribution in [-0.2, 0) is 6.42 Å². The van der Waals surface area contributed by atoms with Crippen molar-refractivity contribution in [3.8, 4) is 0 Å². The molecule has 0 saturated carbocycles. The molecule has 0 spiro atoms. The Labute approximate surface area is 99.6 Å². The predicted molar refractivity (Wildman–Crippen MR) is 65.9 cm³/mol. The normalized spacial score (nSPS) is 12.8. The van der Waals surface area contributed by atoms with E-state index in [4.69, 9.17) is 0 Å². The number of hydrogen-bond acceptors (Lipinski definition) is 2. The quantitative estimate of drug-likeness (QED) is 0.827. The van der Waals surface area contributed by atoms with Gasteiger partial charge < -0.3 is 5.32 Å². The van der Waals surface area contributed by atoms with Gasteiger partial charge in [0.05, 0.1) is 0 Å². The van der Waals surface area contributed by atoms with Crippen molar-refractivity contribution >= 4 is 11.8 Å². The predicted octanol–water partition coefficient (Wildman–Crippen LogP) is 2.85. The van der Waals surface area contributed by atoms with Gasteiger partial charge in [0.2, 0.25) is 0 Å². The summed E-state index contributed by atoms with van der Waals surface area (Å²) in [4.78, 5) is 0. The SMILES string of the molecule is CCNC(CSC)Cc1ccc(F)c(F)c1. The summed E-state index contributed by atoms with van der Waals surface area (Å²) in [7, 11) is 0. The Morgan fingerprint density at radius 3 is 2.62 bits per heavy atom. The topological polar surface area (TPSA) is 12.0 Å². The van der Waals surface area contributed by atoms with Crippen molar-refractivity contribution in [1.82, 2.24) is 5.32 Å². The molecule has 1 aromatic rings. The Morgan fingerprint density at radius 2 is 2.06 bits per heavy atom. The first-order valence-electron chi connectivity index (χ1n) is 5.33. The number of benzene rings is 1. The van der Waals surface area contributed by atoms with E-state index in [2.05, 4.69) is 5.32 Å². The van der Waals surface area contributed by atoms with Crippen molar-refractivity contribution in [3.05, 3.63) is 35.4 Å². The molecule has 0 aliphatic rings. The highest BCUT2D eigenvalue weighted by molar-refractivity contribution is 7.98. The minimum atomic E-state index is -0.784. The zero-order valence-corrected chi connectivity index (χ0v) is 10.4. The monoisotopic (exact) mass is 245 g/mol. The highest BCUT2D eigenvalue weighted by Crippen LogP contribution is 2.12. The molecule has 0 radical (unpaired) electrons.